The molecule has 0 heterocycles. The van der Waals surface area contributed by atoms with Crippen molar-refractivity contribution in [2.75, 3.05) is 13.2 Å². The van der Waals surface area contributed by atoms with Gasteiger partial charge in [0, 0.05) is 25.6 Å². The molecule has 4 nitrogen and oxygen atoms in total. The third-order valence-electron chi connectivity index (χ3n) is 3.99. The van der Waals surface area contributed by atoms with Crippen molar-refractivity contribution >= 4 is 6.03 Å². The number of benzene rings is 2. The SMILES string of the molecule is Cc1ccc(CC(CO)CNC(=O)NCc2cccc(C)c2)cc1. The Bertz CT molecular complexity index is 653. The van der Waals surface area contributed by atoms with Gasteiger partial charge in [-0.3, -0.25) is 0 Å². The summed E-state index contributed by atoms with van der Waals surface area (Å²) in [7, 11) is 0. The minimum Gasteiger partial charge on any atom is -0.396 e. The highest BCUT2D eigenvalue weighted by atomic mass is 16.3. The maximum Gasteiger partial charge on any atom is 0.315 e. The van der Waals surface area contributed by atoms with Gasteiger partial charge in [0.25, 0.3) is 0 Å². The number of hydrogen-bond donors (Lipinski definition) is 3. The van der Waals surface area contributed by atoms with Gasteiger partial charge in [0.2, 0.25) is 0 Å². The van der Waals surface area contributed by atoms with Crippen LogP contribution in [0.4, 0.5) is 4.79 Å². The summed E-state index contributed by atoms with van der Waals surface area (Å²) < 4.78 is 0. The lowest BCUT2D eigenvalue weighted by Crippen LogP contribution is -2.39. The fraction of sp³-hybridized carbons (Fsp3) is 0.350. The van der Waals surface area contributed by atoms with Gasteiger partial charge in [-0.15, -0.1) is 0 Å². The van der Waals surface area contributed by atoms with Gasteiger partial charge in [-0.1, -0.05) is 59.7 Å². The predicted octanol–water partition coefficient (Wildman–Crippen LogP) is 2.95. The van der Waals surface area contributed by atoms with Crippen LogP contribution >= 0.6 is 0 Å². The summed E-state index contributed by atoms with van der Waals surface area (Å²) in [5.74, 6) is 0.0115. The Balaban J connectivity index is 1.75. The first-order chi connectivity index (χ1) is 11.6. The van der Waals surface area contributed by atoms with Crippen LogP contribution in [0, 0.1) is 19.8 Å². The van der Waals surface area contributed by atoms with E-state index < -0.39 is 0 Å². The van der Waals surface area contributed by atoms with Crippen molar-refractivity contribution in [3.05, 3.63) is 70.8 Å². The van der Waals surface area contributed by atoms with E-state index in [1.807, 2.05) is 38.1 Å². The molecule has 1 atom stereocenters. The van der Waals surface area contributed by atoms with Crippen molar-refractivity contribution < 1.29 is 9.90 Å². The molecule has 2 aromatic carbocycles. The summed E-state index contributed by atoms with van der Waals surface area (Å²) >= 11 is 0. The Morgan fingerprint density at radius 1 is 1.00 bits per heavy atom. The average Bonchev–Trinajstić information content (AvgIpc) is 2.58. The van der Waals surface area contributed by atoms with Crippen molar-refractivity contribution in [2.24, 2.45) is 5.92 Å². The van der Waals surface area contributed by atoms with Gasteiger partial charge in [0.1, 0.15) is 0 Å². The summed E-state index contributed by atoms with van der Waals surface area (Å²) in [5, 5.41) is 15.2. The van der Waals surface area contributed by atoms with E-state index in [9.17, 15) is 9.90 Å². The minimum atomic E-state index is -0.209. The van der Waals surface area contributed by atoms with Crippen molar-refractivity contribution in [3.8, 4) is 0 Å². The summed E-state index contributed by atoms with van der Waals surface area (Å²) in [5.41, 5.74) is 4.63. The standard InChI is InChI=1S/C20H26N2O2/c1-15-6-8-17(9-7-15)11-19(14-23)13-22-20(24)21-12-18-5-3-4-16(2)10-18/h3-10,19,23H,11-14H2,1-2H3,(H2,21,22,24). The fourth-order valence-electron chi connectivity index (χ4n) is 2.56. The van der Waals surface area contributed by atoms with Gasteiger partial charge in [-0.05, 0) is 31.4 Å². The molecule has 2 rings (SSSR count). The number of urea groups is 1. The Morgan fingerprint density at radius 2 is 1.75 bits per heavy atom. The molecule has 0 bridgehead atoms. The summed E-state index contributed by atoms with van der Waals surface area (Å²) in [6.07, 6.45) is 0.745. The van der Waals surface area contributed by atoms with E-state index in [4.69, 9.17) is 0 Å². The van der Waals surface area contributed by atoms with E-state index >= 15 is 0 Å². The molecule has 0 saturated heterocycles. The molecular weight excluding hydrogens is 300 g/mol. The van der Waals surface area contributed by atoms with Crippen LogP contribution in [0.5, 0.6) is 0 Å². The van der Waals surface area contributed by atoms with E-state index in [-0.39, 0.29) is 18.6 Å². The molecule has 0 aliphatic carbocycles. The van der Waals surface area contributed by atoms with Crippen LogP contribution in [-0.4, -0.2) is 24.3 Å². The number of hydrogen-bond acceptors (Lipinski definition) is 2. The lowest BCUT2D eigenvalue weighted by molar-refractivity contribution is 0.214. The molecule has 24 heavy (non-hydrogen) atoms. The van der Waals surface area contributed by atoms with Gasteiger partial charge in [-0.25, -0.2) is 4.79 Å². The lowest BCUT2D eigenvalue weighted by atomic mass is 9.99. The summed E-state index contributed by atoms with van der Waals surface area (Å²) in [6, 6.07) is 16.1. The van der Waals surface area contributed by atoms with Crippen LogP contribution in [-0.2, 0) is 13.0 Å². The molecule has 0 saturated carbocycles. The second-order valence-electron chi connectivity index (χ2n) is 6.29. The van der Waals surface area contributed by atoms with Gasteiger partial charge < -0.3 is 15.7 Å². The highest BCUT2D eigenvalue weighted by Gasteiger charge is 2.10. The predicted molar refractivity (Wildman–Crippen MR) is 96.9 cm³/mol. The maximum atomic E-state index is 11.9. The fourth-order valence-corrected chi connectivity index (χ4v) is 2.56. The molecule has 0 aliphatic heterocycles. The Hall–Kier alpha value is -2.33. The Morgan fingerprint density at radius 3 is 2.42 bits per heavy atom. The molecule has 0 radical (unpaired) electrons. The second-order valence-corrected chi connectivity index (χ2v) is 6.29. The lowest BCUT2D eigenvalue weighted by Gasteiger charge is -2.16. The van der Waals surface area contributed by atoms with Crippen molar-refractivity contribution in [3.63, 3.8) is 0 Å². The zero-order valence-electron chi connectivity index (χ0n) is 14.4. The molecule has 2 aromatic rings. The number of aliphatic hydroxyl groups is 1. The van der Waals surface area contributed by atoms with E-state index in [1.165, 1.54) is 16.7 Å². The number of aliphatic hydroxyl groups excluding tert-OH is 1. The highest BCUT2D eigenvalue weighted by molar-refractivity contribution is 5.73. The molecule has 0 aliphatic rings. The molecule has 1 unspecified atom stereocenters. The Labute approximate surface area is 143 Å². The number of nitrogens with one attached hydrogen (secondary N) is 2. The monoisotopic (exact) mass is 326 g/mol. The second kappa shape index (κ2) is 9.08. The van der Waals surface area contributed by atoms with Crippen LogP contribution in [0.2, 0.25) is 0 Å². The van der Waals surface area contributed by atoms with Crippen LogP contribution in [0.1, 0.15) is 22.3 Å². The molecule has 3 N–H and O–H groups in total. The summed E-state index contributed by atoms with van der Waals surface area (Å²) in [6.45, 7) is 5.07. The maximum absolute atomic E-state index is 11.9. The smallest absolute Gasteiger partial charge is 0.315 e. The topological polar surface area (TPSA) is 61.4 Å². The molecule has 0 fully saturated rings. The number of aryl methyl sites for hydroxylation is 2. The first-order valence-electron chi connectivity index (χ1n) is 8.30. The van der Waals surface area contributed by atoms with E-state index in [0.29, 0.717) is 13.1 Å². The van der Waals surface area contributed by atoms with Crippen LogP contribution < -0.4 is 10.6 Å². The normalized spacial score (nSPS) is 11.8. The molecule has 0 aromatic heterocycles. The Kier molecular flexibility index (Phi) is 6.82. The highest BCUT2D eigenvalue weighted by Crippen LogP contribution is 2.09. The first kappa shape index (κ1) is 18.0. The van der Waals surface area contributed by atoms with Crippen LogP contribution in [0.15, 0.2) is 48.5 Å². The minimum absolute atomic E-state index is 0.0115. The number of rotatable bonds is 7. The number of carbonyl (C=O) groups excluding carboxylic acids is 1. The van der Waals surface area contributed by atoms with Crippen LogP contribution in [0.25, 0.3) is 0 Å². The van der Waals surface area contributed by atoms with Crippen molar-refractivity contribution in [1.29, 1.82) is 0 Å². The van der Waals surface area contributed by atoms with Crippen LogP contribution in [0.3, 0.4) is 0 Å². The van der Waals surface area contributed by atoms with Gasteiger partial charge in [0.05, 0.1) is 0 Å². The van der Waals surface area contributed by atoms with Crippen molar-refractivity contribution in [1.82, 2.24) is 10.6 Å². The molecule has 0 spiro atoms. The third-order valence-corrected chi connectivity index (χ3v) is 3.99. The molecule has 4 heteroatoms. The zero-order chi connectivity index (χ0) is 17.4. The zero-order valence-corrected chi connectivity index (χ0v) is 14.4. The van der Waals surface area contributed by atoms with Crippen molar-refractivity contribution in [2.45, 2.75) is 26.8 Å². The molecular formula is C20H26N2O2. The van der Waals surface area contributed by atoms with Gasteiger partial charge >= 0.3 is 6.03 Å². The van der Waals surface area contributed by atoms with E-state index in [2.05, 4.69) is 34.9 Å². The first-order valence-corrected chi connectivity index (χ1v) is 8.30. The van der Waals surface area contributed by atoms with E-state index in [1.54, 1.807) is 0 Å². The largest absolute Gasteiger partial charge is 0.396 e. The number of carbonyl (C=O) groups is 1. The summed E-state index contributed by atoms with van der Waals surface area (Å²) in [4.78, 5) is 11.9. The van der Waals surface area contributed by atoms with E-state index in [0.717, 1.165) is 12.0 Å². The molecule has 2 amide bonds. The molecule has 128 valence electrons. The van der Waals surface area contributed by atoms with Gasteiger partial charge in [0.15, 0.2) is 0 Å². The quantitative estimate of drug-likeness (QED) is 0.732. The van der Waals surface area contributed by atoms with Gasteiger partial charge in [-0.2, -0.15) is 0 Å². The average molecular weight is 326 g/mol. The number of amides is 2. The third kappa shape index (κ3) is 6.05.